The third-order valence-electron chi connectivity index (χ3n) is 8.79. The molecule has 8 nitrogen and oxygen atoms in total. The molecular formula is C38H41BrClN3O5S. The molecule has 4 aromatic rings. The van der Waals surface area contributed by atoms with Crippen molar-refractivity contribution >= 4 is 55.1 Å². The highest BCUT2D eigenvalue weighted by atomic mass is 79.9. The number of carbonyl (C=O) groups is 2. The van der Waals surface area contributed by atoms with E-state index in [0.29, 0.717) is 0 Å². The fraction of sp³-hybridized carbons (Fsp3) is 0.316. The zero-order valence-corrected chi connectivity index (χ0v) is 30.8. The SMILES string of the molecule is COc1ccc(Cl)cc1N(CC(=O)N(Cc1ccc(Br)cc1)[C@H](Cc1ccccc1)C(=O)NC1CCCCC1)S(=O)(=O)c1ccc(C)cc1. The Labute approximate surface area is 302 Å². The van der Waals surface area contributed by atoms with Crippen molar-refractivity contribution in [1.82, 2.24) is 10.2 Å². The van der Waals surface area contributed by atoms with Gasteiger partial charge in [-0.15, -0.1) is 0 Å². The predicted octanol–water partition coefficient (Wildman–Crippen LogP) is 7.70. The summed E-state index contributed by atoms with van der Waals surface area (Å²) in [5.41, 5.74) is 2.66. The number of ether oxygens (including phenoxy) is 1. The van der Waals surface area contributed by atoms with Crippen molar-refractivity contribution in [2.75, 3.05) is 18.0 Å². The van der Waals surface area contributed by atoms with Gasteiger partial charge in [0.25, 0.3) is 10.0 Å². The van der Waals surface area contributed by atoms with Crippen LogP contribution in [0.3, 0.4) is 0 Å². The van der Waals surface area contributed by atoms with Crippen molar-refractivity contribution in [3.8, 4) is 5.75 Å². The molecular weight excluding hydrogens is 726 g/mol. The largest absolute Gasteiger partial charge is 0.495 e. The molecule has 258 valence electrons. The number of aryl methyl sites for hydroxylation is 1. The van der Waals surface area contributed by atoms with Gasteiger partial charge < -0.3 is 15.0 Å². The summed E-state index contributed by atoms with van der Waals surface area (Å²) < 4.78 is 36.3. The maximum absolute atomic E-state index is 14.8. The summed E-state index contributed by atoms with van der Waals surface area (Å²) in [6, 6.07) is 27.2. The fourth-order valence-electron chi connectivity index (χ4n) is 6.09. The molecule has 5 rings (SSSR count). The van der Waals surface area contributed by atoms with E-state index in [2.05, 4.69) is 21.2 Å². The van der Waals surface area contributed by atoms with Gasteiger partial charge in [-0.2, -0.15) is 0 Å². The van der Waals surface area contributed by atoms with E-state index in [0.717, 1.165) is 57.6 Å². The van der Waals surface area contributed by atoms with Gasteiger partial charge >= 0.3 is 0 Å². The highest BCUT2D eigenvalue weighted by molar-refractivity contribution is 9.10. The molecule has 1 saturated carbocycles. The lowest BCUT2D eigenvalue weighted by atomic mass is 9.94. The van der Waals surface area contributed by atoms with Crippen molar-refractivity contribution in [1.29, 1.82) is 0 Å². The highest BCUT2D eigenvalue weighted by Crippen LogP contribution is 2.35. The Morgan fingerprint density at radius 2 is 1.59 bits per heavy atom. The molecule has 0 unspecified atom stereocenters. The lowest BCUT2D eigenvalue weighted by molar-refractivity contribution is -0.140. The number of anilines is 1. The average molecular weight is 767 g/mol. The van der Waals surface area contributed by atoms with E-state index < -0.39 is 28.5 Å². The Balaban J connectivity index is 1.60. The molecule has 11 heteroatoms. The average Bonchev–Trinajstić information content (AvgIpc) is 3.10. The van der Waals surface area contributed by atoms with Gasteiger partial charge in [0.15, 0.2) is 0 Å². The van der Waals surface area contributed by atoms with Crippen LogP contribution < -0.4 is 14.4 Å². The van der Waals surface area contributed by atoms with E-state index in [-0.39, 0.29) is 46.3 Å². The molecule has 49 heavy (non-hydrogen) atoms. The lowest BCUT2D eigenvalue weighted by Crippen LogP contribution is -2.55. The number of nitrogens with one attached hydrogen (secondary N) is 1. The molecule has 1 N–H and O–H groups in total. The molecule has 1 fully saturated rings. The molecule has 1 atom stereocenters. The lowest BCUT2D eigenvalue weighted by Gasteiger charge is -2.35. The number of rotatable bonds is 13. The van der Waals surface area contributed by atoms with Crippen LogP contribution in [0.5, 0.6) is 5.75 Å². The first-order valence-electron chi connectivity index (χ1n) is 16.4. The minimum absolute atomic E-state index is 0.00302. The second-order valence-corrected chi connectivity index (χ2v) is 15.6. The number of hydrogen-bond acceptors (Lipinski definition) is 5. The number of amides is 2. The van der Waals surface area contributed by atoms with E-state index >= 15 is 0 Å². The molecule has 0 heterocycles. The van der Waals surface area contributed by atoms with Gasteiger partial charge in [0.2, 0.25) is 11.8 Å². The van der Waals surface area contributed by atoms with Gasteiger partial charge in [-0.3, -0.25) is 13.9 Å². The van der Waals surface area contributed by atoms with Crippen molar-refractivity contribution in [3.05, 3.63) is 123 Å². The maximum Gasteiger partial charge on any atom is 0.264 e. The van der Waals surface area contributed by atoms with Gasteiger partial charge in [0, 0.05) is 28.5 Å². The van der Waals surface area contributed by atoms with Crippen LogP contribution in [0.1, 0.15) is 48.8 Å². The van der Waals surface area contributed by atoms with Gasteiger partial charge in [-0.1, -0.05) is 107 Å². The van der Waals surface area contributed by atoms with E-state index in [1.165, 1.54) is 30.2 Å². The second-order valence-electron chi connectivity index (χ2n) is 12.3. The monoisotopic (exact) mass is 765 g/mol. The molecule has 0 saturated heterocycles. The maximum atomic E-state index is 14.8. The third kappa shape index (κ3) is 9.44. The zero-order valence-electron chi connectivity index (χ0n) is 27.6. The summed E-state index contributed by atoms with van der Waals surface area (Å²) in [6.07, 6.45) is 5.19. The van der Waals surface area contributed by atoms with Crippen molar-refractivity contribution in [2.45, 2.75) is 69.0 Å². The number of hydrogen-bond donors (Lipinski definition) is 1. The first-order valence-corrected chi connectivity index (χ1v) is 19.0. The minimum Gasteiger partial charge on any atom is -0.495 e. The van der Waals surface area contributed by atoms with Crippen LogP contribution in [0.15, 0.2) is 106 Å². The highest BCUT2D eigenvalue weighted by Gasteiger charge is 2.36. The summed E-state index contributed by atoms with van der Waals surface area (Å²) in [7, 11) is -2.89. The molecule has 0 aliphatic heterocycles. The van der Waals surface area contributed by atoms with E-state index in [1.54, 1.807) is 24.3 Å². The van der Waals surface area contributed by atoms with Gasteiger partial charge in [0.05, 0.1) is 17.7 Å². The molecule has 0 spiro atoms. The normalized spacial score (nSPS) is 14.1. The minimum atomic E-state index is -4.31. The topological polar surface area (TPSA) is 96.0 Å². The molecule has 1 aliphatic rings. The van der Waals surface area contributed by atoms with Crippen LogP contribution in [-0.4, -0.2) is 50.9 Å². The van der Waals surface area contributed by atoms with Crippen LogP contribution >= 0.6 is 27.5 Å². The first kappa shape index (κ1) is 36.4. The Hall–Kier alpha value is -3.86. The summed E-state index contributed by atoms with van der Waals surface area (Å²) in [6.45, 7) is 1.33. The van der Waals surface area contributed by atoms with E-state index in [4.69, 9.17) is 16.3 Å². The summed E-state index contributed by atoms with van der Waals surface area (Å²) in [5, 5.41) is 3.50. The summed E-state index contributed by atoms with van der Waals surface area (Å²) in [5.74, 6) is -0.599. The Morgan fingerprint density at radius 1 is 0.918 bits per heavy atom. The van der Waals surface area contributed by atoms with Crippen LogP contribution in [0.25, 0.3) is 0 Å². The molecule has 0 bridgehead atoms. The standard InChI is InChI=1S/C38H41BrClN3O5S/c1-27-13-20-33(21-14-27)49(46,47)43(34-24-31(40)19-22-36(34)48-2)26-37(44)42(25-29-15-17-30(39)18-16-29)35(23-28-9-5-3-6-10-28)38(45)41-32-11-7-4-8-12-32/h3,5-6,9-10,13-22,24,32,35H,4,7-8,11-12,23,25-26H2,1-2H3,(H,41,45)/t35-/m1/s1. The van der Waals surface area contributed by atoms with E-state index in [1.807, 2.05) is 61.5 Å². The zero-order chi connectivity index (χ0) is 35.0. The van der Waals surface area contributed by atoms with Gasteiger partial charge in [-0.25, -0.2) is 8.42 Å². The van der Waals surface area contributed by atoms with Crippen LogP contribution in [0.4, 0.5) is 5.69 Å². The van der Waals surface area contributed by atoms with Crippen LogP contribution in [-0.2, 0) is 32.6 Å². The van der Waals surface area contributed by atoms with Crippen LogP contribution in [0.2, 0.25) is 5.02 Å². The van der Waals surface area contributed by atoms with Crippen molar-refractivity contribution < 1.29 is 22.7 Å². The molecule has 0 radical (unpaired) electrons. The number of halogens is 2. The Bertz CT molecular complexity index is 1830. The predicted molar refractivity (Wildman–Crippen MR) is 197 cm³/mol. The number of sulfonamides is 1. The molecule has 4 aromatic carbocycles. The first-order chi connectivity index (χ1) is 23.5. The summed E-state index contributed by atoms with van der Waals surface area (Å²) >= 11 is 9.88. The number of benzene rings is 4. The van der Waals surface area contributed by atoms with Crippen LogP contribution in [0, 0.1) is 6.92 Å². The number of methoxy groups -OCH3 is 1. The number of carbonyl (C=O) groups excluding carboxylic acids is 2. The van der Waals surface area contributed by atoms with Gasteiger partial charge in [0.1, 0.15) is 18.3 Å². The van der Waals surface area contributed by atoms with Crippen molar-refractivity contribution in [2.24, 2.45) is 0 Å². The second kappa shape index (κ2) is 16.7. The van der Waals surface area contributed by atoms with Crippen molar-refractivity contribution in [3.63, 3.8) is 0 Å². The molecule has 0 aromatic heterocycles. The molecule has 1 aliphatic carbocycles. The Morgan fingerprint density at radius 3 is 2.24 bits per heavy atom. The third-order valence-corrected chi connectivity index (χ3v) is 11.3. The van der Waals surface area contributed by atoms with E-state index in [9.17, 15) is 18.0 Å². The Kier molecular flexibility index (Phi) is 12.4. The molecule has 2 amide bonds. The number of nitrogens with zero attached hydrogens (tertiary/aromatic N) is 2. The quantitative estimate of drug-likeness (QED) is 0.151. The fourth-order valence-corrected chi connectivity index (χ4v) is 7.94. The van der Waals surface area contributed by atoms with Gasteiger partial charge in [-0.05, 0) is 73.4 Å². The smallest absolute Gasteiger partial charge is 0.264 e. The summed E-state index contributed by atoms with van der Waals surface area (Å²) in [4.78, 5) is 30.6.